The molecular formula is C7H9NO2S2. The van der Waals surface area contributed by atoms with Crippen LogP contribution in [0.4, 0.5) is 0 Å². The van der Waals surface area contributed by atoms with Gasteiger partial charge in [0, 0.05) is 19.3 Å². The molecule has 0 unspecified atom stereocenters. The van der Waals surface area contributed by atoms with Crippen molar-refractivity contribution in [2.24, 2.45) is 0 Å². The Labute approximate surface area is 75.3 Å². The fourth-order valence-electron chi connectivity index (χ4n) is 1.37. The van der Waals surface area contributed by atoms with Crippen LogP contribution in [0.5, 0.6) is 0 Å². The van der Waals surface area contributed by atoms with Crippen LogP contribution < -0.4 is 5.32 Å². The van der Waals surface area contributed by atoms with Crippen molar-refractivity contribution in [3.8, 4) is 0 Å². The molecule has 0 aliphatic carbocycles. The summed E-state index contributed by atoms with van der Waals surface area (Å²) in [6.07, 6.45) is 1.26. The first-order valence-corrected chi connectivity index (χ1v) is 6.36. The number of sulfone groups is 1. The summed E-state index contributed by atoms with van der Waals surface area (Å²) in [5, 5.41) is 5.04. The Hall–Kier alpha value is -0.390. The fraction of sp³-hybridized carbons (Fsp3) is 0.429. The molecular weight excluding hydrogens is 194 g/mol. The van der Waals surface area contributed by atoms with Gasteiger partial charge in [0.2, 0.25) is 0 Å². The zero-order valence-electron chi connectivity index (χ0n) is 6.62. The number of fused-ring (bicyclic) bond motifs is 1. The molecule has 0 radical (unpaired) electrons. The van der Waals surface area contributed by atoms with Crippen LogP contribution in [0.2, 0.25) is 0 Å². The zero-order valence-corrected chi connectivity index (χ0v) is 8.26. The van der Waals surface area contributed by atoms with Crippen LogP contribution >= 0.6 is 11.3 Å². The summed E-state index contributed by atoms with van der Waals surface area (Å²) in [5.74, 6) is 0. The van der Waals surface area contributed by atoms with E-state index in [9.17, 15) is 8.42 Å². The van der Waals surface area contributed by atoms with E-state index in [1.54, 1.807) is 0 Å². The minimum absolute atomic E-state index is 0.530. The average Bonchev–Trinajstić information content (AvgIpc) is 2.37. The molecule has 0 fully saturated rings. The van der Waals surface area contributed by atoms with Crippen molar-refractivity contribution in [2.75, 3.05) is 6.26 Å². The first kappa shape index (κ1) is 8.22. The summed E-state index contributed by atoms with van der Waals surface area (Å²) >= 11 is 1.33. The summed E-state index contributed by atoms with van der Waals surface area (Å²) in [4.78, 5) is 0. The van der Waals surface area contributed by atoms with E-state index in [0.717, 1.165) is 17.7 Å². The Bertz CT molecular complexity index is 405. The molecule has 2 heterocycles. The van der Waals surface area contributed by atoms with Crippen molar-refractivity contribution in [3.05, 3.63) is 16.5 Å². The van der Waals surface area contributed by atoms with Crippen LogP contribution in [0.25, 0.3) is 0 Å². The van der Waals surface area contributed by atoms with Crippen molar-refractivity contribution < 1.29 is 8.42 Å². The van der Waals surface area contributed by atoms with Crippen LogP contribution in [0, 0.1) is 0 Å². The van der Waals surface area contributed by atoms with Gasteiger partial charge in [-0.3, -0.25) is 0 Å². The quantitative estimate of drug-likeness (QED) is 0.733. The smallest absolute Gasteiger partial charge is 0.185 e. The van der Waals surface area contributed by atoms with E-state index in [4.69, 9.17) is 0 Å². The van der Waals surface area contributed by atoms with Gasteiger partial charge in [0.1, 0.15) is 4.21 Å². The Morgan fingerprint density at radius 2 is 2.25 bits per heavy atom. The second-order valence-electron chi connectivity index (χ2n) is 2.90. The lowest BCUT2D eigenvalue weighted by molar-refractivity contribution is 0.602. The number of nitrogens with one attached hydrogen (secondary N) is 1. The third kappa shape index (κ3) is 1.18. The molecule has 2 rings (SSSR count). The third-order valence-corrected chi connectivity index (χ3v) is 4.88. The summed E-state index contributed by atoms with van der Waals surface area (Å²) in [6, 6.07) is 0. The first-order valence-electron chi connectivity index (χ1n) is 3.59. The van der Waals surface area contributed by atoms with Crippen molar-refractivity contribution >= 4 is 21.2 Å². The SMILES string of the molecule is CS(=O)(=O)c1scc2c1CNC2. The van der Waals surface area contributed by atoms with Crippen LogP contribution in [-0.4, -0.2) is 14.7 Å². The predicted octanol–water partition coefficient (Wildman–Crippen LogP) is 0.755. The van der Waals surface area contributed by atoms with Gasteiger partial charge in [-0.05, 0) is 16.5 Å². The molecule has 1 aliphatic heterocycles. The molecule has 0 aromatic carbocycles. The van der Waals surface area contributed by atoms with Crippen molar-refractivity contribution in [2.45, 2.75) is 17.3 Å². The van der Waals surface area contributed by atoms with Crippen molar-refractivity contribution in [3.63, 3.8) is 0 Å². The summed E-state index contributed by atoms with van der Waals surface area (Å²) < 4.78 is 23.0. The van der Waals surface area contributed by atoms with E-state index in [2.05, 4.69) is 5.32 Å². The van der Waals surface area contributed by atoms with E-state index >= 15 is 0 Å². The maximum absolute atomic E-state index is 11.2. The third-order valence-electron chi connectivity index (χ3n) is 1.90. The summed E-state index contributed by atoms with van der Waals surface area (Å²) in [5.41, 5.74) is 2.11. The van der Waals surface area contributed by atoms with E-state index in [-0.39, 0.29) is 0 Å². The minimum Gasteiger partial charge on any atom is -0.308 e. The number of hydrogen-bond donors (Lipinski definition) is 1. The lowest BCUT2D eigenvalue weighted by Crippen LogP contribution is -2.03. The van der Waals surface area contributed by atoms with Gasteiger partial charge in [0.15, 0.2) is 9.84 Å². The highest BCUT2D eigenvalue weighted by Gasteiger charge is 2.22. The monoisotopic (exact) mass is 203 g/mol. The highest BCUT2D eigenvalue weighted by atomic mass is 32.2. The average molecular weight is 203 g/mol. The van der Waals surface area contributed by atoms with E-state index in [1.165, 1.54) is 17.6 Å². The van der Waals surface area contributed by atoms with Gasteiger partial charge in [0.25, 0.3) is 0 Å². The maximum atomic E-state index is 11.2. The molecule has 5 heteroatoms. The Balaban J connectivity index is 2.61. The van der Waals surface area contributed by atoms with Crippen molar-refractivity contribution in [1.82, 2.24) is 5.32 Å². The molecule has 0 spiro atoms. The molecule has 0 saturated heterocycles. The van der Waals surface area contributed by atoms with E-state index in [1.807, 2.05) is 5.38 Å². The maximum Gasteiger partial charge on any atom is 0.185 e. The van der Waals surface area contributed by atoms with Crippen LogP contribution in [0.3, 0.4) is 0 Å². The van der Waals surface area contributed by atoms with Gasteiger partial charge >= 0.3 is 0 Å². The number of thiophene rings is 1. The largest absolute Gasteiger partial charge is 0.308 e. The molecule has 12 heavy (non-hydrogen) atoms. The molecule has 66 valence electrons. The zero-order chi connectivity index (χ0) is 8.77. The summed E-state index contributed by atoms with van der Waals surface area (Å²) in [6.45, 7) is 1.50. The lowest BCUT2D eigenvalue weighted by Gasteiger charge is -1.95. The first-order chi connectivity index (χ1) is 5.59. The molecule has 1 aromatic rings. The molecule has 1 aliphatic rings. The van der Waals surface area contributed by atoms with Crippen LogP contribution in [-0.2, 0) is 22.9 Å². The second kappa shape index (κ2) is 2.55. The number of rotatable bonds is 1. The van der Waals surface area contributed by atoms with Gasteiger partial charge in [0.05, 0.1) is 0 Å². The molecule has 1 N–H and O–H groups in total. The van der Waals surface area contributed by atoms with Gasteiger partial charge in [-0.15, -0.1) is 11.3 Å². The Kier molecular flexibility index (Phi) is 1.75. The topological polar surface area (TPSA) is 46.2 Å². The molecule has 0 bridgehead atoms. The minimum atomic E-state index is -3.01. The van der Waals surface area contributed by atoms with E-state index in [0.29, 0.717) is 10.8 Å². The number of hydrogen-bond acceptors (Lipinski definition) is 4. The highest BCUT2D eigenvalue weighted by molar-refractivity contribution is 7.92. The molecule has 3 nitrogen and oxygen atoms in total. The molecule has 1 aromatic heterocycles. The Morgan fingerprint density at radius 3 is 2.92 bits per heavy atom. The molecule has 0 saturated carbocycles. The van der Waals surface area contributed by atoms with Crippen LogP contribution in [0.15, 0.2) is 9.59 Å². The molecule has 0 atom stereocenters. The standard InChI is InChI=1S/C7H9NO2S2/c1-12(9,10)7-6-3-8-2-5(6)4-11-7/h4,8H,2-3H2,1H3. The van der Waals surface area contributed by atoms with E-state index < -0.39 is 9.84 Å². The summed E-state index contributed by atoms with van der Waals surface area (Å²) in [7, 11) is -3.01. The fourth-order valence-corrected chi connectivity index (χ4v) is 3.68. The molecule has 0 amide bonds. The Morgan fingerprint density at radius 1 is 1.50 bits per heavy atom. The van der Waals surface area contributed by atoms with Gasteiger partial charge < -0.3 is 5.32 Å². The van der Waals surface area contributed by atoms with Crippen LogP contribution in [0.1, 0.15) is 11.1 Å². The second-order valence-corrected chi connectivity index (χ2v) is 5.99. The van der Waals surface area contributed by atoms with Gasteiger partial charge in [-0.2, -0.15) is 0 Å². The van der Waals surface area contributed by atoms with Gasteiger partial charge in [-0.25, -0.2) is 8.42 Å². The van der Waals surface area contributed by atoms with Gasteiger partial charge in [-0.1, -0.05) is 0 Å². The van der Waals surface area contributed by atoms with Crippen molar-refractivity contribution in [1.29, 1.82) is 0 Å². The predicted molar refractivity (Wildman–Crippen MR) is 48.0 cm³/mol. The highest BCUT2D eigenvalue weighted by Crippen LogP contribution is 2.29. The lowest BCUT2D eigenvalue weighted by atomic mass is 10.2. The normalized spacial score (nSPS) is 16.4.